The summed E-state index contributed by atoms with van der Waals surface area (Å²) in [5.74, 6) is -0.140. The van der Waals surface area contributed by atoms with E-state index in [-0.39, 0.29) is 25.0 Å². The van der Waals surface area contributed by atoms with Gasteiger partial charge in [-0.1, -0.05) is 30.3 Å². The van der Waals surface area contributed by atoms with E-state index in [0.29, 0.717) is 37.4 Å². The van der Waals surface area contributed by atoms with Crippen molar-refractivity contribution in [2.24, 2.45) is 11.8 Å². The van der Waals surface area contributed by atoms with Gasteiger partial charge in [0.1, 0.15) is 17.8 Å². The summed E-state index contributed by atoms with van der Waals surface area (Å²) < 4.78 is 55.3. The van der Waals surface area contributed by atoms with Crippen molar-refractivity contribution in [3.63, 3.8) is 0 Å². The number of nitrogens with zero attached hydrogens (tertiary/aromatic N) is 3. The third-order valence-electron chi connectivity index (χ3n) is 6.75. The highest BCUT2D eigenvalue weighted by molar-refractivity contribution is 5.72. The number of aryl methyl sites for hydroxylation is 1. The molecule has 1 aliphatic rings. The van der Waals surface area contributed by atoms with E-state index in [0.717, 1.165) is 22.6 Å². The van der Waals surface area contributed by atoms with Gasteiger partial charge in [0, 0.05) is 25.1 Å². The van der Waals surface area contributed by atoms with Crippen LogP contribution in [0.5, 0.6) is 5.75 Å². The lowest BCUT2D eigenvalue weighted by Crippen LogP contribution is -2.24. The molecule has 0 amide bonds. The lowest BCUT2D eigenvalue weighted by molar-refractivity contribution is -0.142. The maximum absolute atomic E-state index is 12.9. The first-order valence-electron chi connectivity index (χ1n) is 12.4. The fourth-order valence-corrected chi connectivity index (χ4v) is 4.71. The molecule has 11 heteroatoms. The Kier molecular flexibility index (Phi) is 7.32. The number of halogens is 3. The van der Waals surface area contributed by atoms with Crippen LogP contribution < -0.4 is 9.64 Å². The van der Waals surface area contributed by atoms with Gasteiger partial charge in [0.15, 0.2) is 5.69 Å². The molecule has 0 unspecified atom stereocenters. The van der Waals surface area contributed by atoms with Crippen LogP contribution in [0.4, 0.5) is 19.2 Å². The van der Waals surface area contributed by atoms with Gasteiger partial charge < -0.3 is 23.6 Å². The molecule has 0 aliphatic carbocycles. The molecule has 0 bridgehead atoms. The maximum Gasteiger partial charge on any atom is 0.436 e. The average molecular weight is 542 g/mol. The number of hydrogen-bond donors (Lipinski definition) is 1. The van der Waals surface area contributed by atoms with Crippen molar-refractivity contribution in [3.05, 3.63) is 83.6 Å². The fourth-order valence-electron chi connectivity index (χ4n) is 4.71. The molecule has 39 heavy (non-hydrogen) atoms. The summed E-state index contributed by atoms with van der Waals surface area (Å²) in [6, 6.07) is 16.8. The second-order valence-electron chi connectivity index (χ2n) is 9.46. The van der Waals surface area contributed by atoms with Gasteiger partial charge in [-0.25, -0.2) is 4.98 Å². The van der Waals surface area contributed by atoms with Crippen molar-refractivity contribution in [3.8, 4) is 17.2 Å². The Morgan fingerprint density at radius 3 is 2.51 bits per heavy atom. The van der Waals surface area contributed by atoms with Crippen molar-refractivity contribution in [1.82, 2.24) is 9.97 Å². The first-order chi connectivity index (χ1) is 18.7. The van der Waals surface area contributed by atoms with E-state index >= 15 is 0 Å². The molecule has 1 N–H and O–H groups in total. The van der Waals surface area contributed by atoms with Crippen LogP contribution in [0.2, 0.25) is 0 Å². The zero-order valence-corrected chi connectivity index (χ0v) is 21.0. The number of ether oxygens (including phenoxy) is 1. The predicted octanol–water partition coefficient (Wildman–Crippen LogP) is 5.66. The Morgan fingerprint density at radius 2 is 1.85 bits per heavy atom. The van der Waals surface area contributed by atoms with E-state index in [4.69, 9.17) is 13.6 Å². The Balaban J connectivity index is 1.16. The number of benzene rings is 2. The van der Waals surface area contributed by atoms with Crippen molar-refractivity contribution in [2.75, 3.05) is 24.6 Å². The molecule has 1 fully saturated rings. The monoisotopic (exact) mass is 541 g/mol. The smallest absolute Gasteiger partial charge is 0.436 e. The number of alkyl halides is 3. The number of carboxylic acids is 1. The Bertz CT molecular complexity index is 1420. The van der Waals surface area contributed by atoms with Gasteiger partial charge in [-0.3, -0.25) is 4.79 Å². The molecule has 1 aliphatic heterocycles. The highest BCUT2D eigenvalue weighted by atomic mass is 19.4. The number of carbonyl (C=O) groups is 1. The minimum absolute atomic E-state index is 0.0203. The normalized spacial score (nSPS) is 17.5. The molecule has 204 valence electrons. The number of anilines is 1. The Morgan fingerprint density at radius 1 is 1.10 bits per heavy atom. The van der Waals surface area contributed by atoms with Crippen LogP contribution in [-0.2, 0) is 23.8 Å². The van der Waals surface area contributed by atoms with E-state index in [1.165, 1.54) is 4.90 Å². The minimum atomic E-state index is -4.63. The lowest BCUT2D eigenvalue weighted by Gasteiger charge is -2.15. The zero-order valence-electron chi connectivity index (χ0n) is 21.0. The van der Waals surface area contributed by atoms with Crippen molar-refractivity contribution < 1.29 is 36.6 Å². The van der Waals surface area contributed by atoms with Gasteiger partial charge in [0.2, 0.25) is 5.89 Å². The number of aliphatic carboxylic acids is 1. The van der Waals surface area contributed by atoms with Crippen LogP contribution in [0.25, 0.3) is 11.5 Å². The molecule has 0 spiro atoms. The summed E-state index contributed by atoms with van der Waals surface area (Å²) in [4.78, 5) is 21.4. The van der Waals surface area contributed by atoms with E-state index in [1.807, 2.05) is 61.5 Å². The minimum Gasteiger partial charge on any atom is -0.493 e. The standard InChI is InChI=1S/C28H26F3N3O5/c1-17-23(32-25(39-17)19-5-3-2-4-6-19)11-12-37-21-9-7-18(8-10-21)13-20-14-34(15-22(20)26(35)36)27-33-24(16-38-27)28(29,30)31/h2-10,16,20,22H,11-15H2,1H3,(H,35,36)/t20-,22-/m1/s1. The molecule has 2 aromatic heterocycles. The second kappa shape index (κ2) is 10.8. The molecule has 4 aromatic rings. The molecule has 8 nitrogen and oxygen atoms in total. The van der Waals surface area contributed by atoms with Gasteiger partial charge in [-0.2, -0.15) is 18.2 Å². The van der Waals surface area contributed by atoms with E-state index in [9.17, 15) is 23.1 Å². The summed E-state index contributed by atoms with van der Waals surface area (Å²) in [5.41, 5.74) is 1.48. The molecule has 0 radical (unpaired) electrons. The van der Waals surface area contributed by atoms with Crippen LogP contribution in [0.1, 0.15) is 22.7 Å². The molecule has 3 heterocycles. The van der Waals surface area contributed by atoms with Gasteiger partial charge in [-0.05, 0) is 49.1 Å². The van der Waals surface area contributed by atoms with Crippen molar-refractivity contribution in [2.45, 2.75) is 25.9 Å². The SMILES string of the molecule is Cc1oc(-c2ccccc2)nc1CCOc1ccc(C[C@@H]2CN(c3nc(C(F)(F)F)co3)C[C@H]2C(=O)O)cc1. The molecule has 2 aromatic carbocycles. The molecule has 2 atom stereocenters. The predicted molar refractivity (Wildman–Crippen MR) is 134 cm³/mol. The summed E-state index contributed by atoms with van der Waals surface area (Å²) in [6.45, 7) is 2.51. The van der Waals surface area contributed by atoms with Gasteiger partial charge in [0.25, 0.3) is 6.01 Å². The quantitative estimate of drug-likeness (QED) is 0.290. The number of rotatable bonds is 9. The summed E-state index contributed by atoms with van der Waals surface area (Å²) >= 11 is 0. The van der Waals surface area contributed by atoms with Crippen LogP contribution >= 0.6 is 0 Å². The fraction of sp³-hybridized carbons (Fsp3) is 0.321. The number of carboxylic acid groups (broad SMARTS) is 1. The summed E-state index contributed by atoms with van der Waals surface area (Å²) in [5, 5.41) is 9.69. The van der Waals surface area contributed by atoms with E-state index in [1.54, 1.807) is 0 Å². The second-order valence-corrected chi connectivity index (χ2v) is 9.46. The van der Waals surface area contributed by atoms with Crippen LogP contribution in [-0.4, -0.2) is 40.7 Å². The van der Waals surface area contributed by atoms with Crippen molar-refractivity contribution in [1.29, 1.82) is 0 Å². The van der Waals surface area contributed by atoms with E-state index < -0.39 is 23.8 Å². The number of aromatic nitrogens is 2. The van der Waals surface area contributed by atoms with Gasteiger partial charge in [0.05, 0.1) is 18.2 Å². The topological polar surface area (TPSA) is 102 Å². The largest absolute Gasteiger partial charge is 0.493 e. The highest BCUT2D eigenvalue weighted by Crippen LogP contribution is 2.34. The molecular weight excluding hydrogens is 515 g/mol. The zero-order chi connectivity index (χ0) is 27.6. The molecule has 0 saturated carbocycles. The molecule has 5 rings (SSSR count). The first kappa shape index (κ1) is 26.3. The highest BCUT2D eigenvalue weighted by Gasteiger charge is 2.41. The third-order valence-corrected chi connectivity index (χ3v) is 6.75. The Hall–Kier alpha value is -4.28. The molecule has 1 saturated heterocycles. The van der Waals surface area contributed by atoms with Crippen LogP contribution in [0, 0.1) is 18.8 Å². The first-order valence-corrected chi connectivity index (χ1v) is 12.4. The average Bonchev–Trinajstić information content (AvgIpc) is 3.64. The van der Waals surface area contributed by atoms with Crippen LogP contribution in [0.15, 0.2) is 69.7 Å². The van der Waals surface area contributed by atoms with Crippen LogP contribution in [0.3, 0.4) is 0 Å². The molecular formula is C28H26F3N3O5. The third kappa shape index (κ3) is 6.08. The van der Waals surface area contributed by atoms with Gasteiger partial charge >= 0.3 is 12.1 Å². The Labute approximate surface area is 222 Å². The lowest BCUT2D eigenvalue weighted by atomic mass is 9.90. The number of oxazole rings is 2. The van der Waals surface area contributed by atoms with E-state index in [2.05, 4.69) is 9.97 Å². The summed E-state index contributed by atoms with van der Waals surface area (Å²) in [7, 11) is 0. The number of hydrogen-bond acceptors (Lipinski definition) is 7. The van der Waals surface area contributed by atoms with Gasteiger partial charge in [-0.15, -0.1) is 0 Å². The summed E-state index contributed by atoms with van der Waals surface area (Å²) in [6.07, 6.45) is -3.08. The maximum atomic E-state index is 12.9. The van der Waals surface area contributed by atoms with Crippen molar-refractivity contribution >= 4 is 12.0 Å².